The molecular weight excluding hydrogens is 422 g/mol. The number of carbonyl (C=O) groups excluding carboxylic acids is 2. The number of methoxy groups -OCH3 is 1. The number of hydrogen-bond acceptors (Lipinski definition) is 6. The topological polar surface area (TPSA) is 93.8 Å². The van der Waals surface area contributed by atoms with Gasteiger partial charge < -0.3 is 19.1 Å². The fraction of sp³-hybridized carbons (Fsp3) is 0.560. The average Bonchev–Trinajstić information content (AvgIpc) is 3.41. The van der Waals surface area contributed by atoms with Crippen molar-refractivity contribution in [2.75, 3.05) is 26.9 Å². The molecule has 8 heteroatoms. The summed E-state index contributed by atoms with van der Waals surface area (Å²) in [7, 11) is 1.27. The van der Waals surface area contributed by atoms with E-state index in [9.17, 15) is 9.59 Å². The normalized spacial score (nSPS) is 25.4. The molecule has 0 radical (unpaired) electrons. The first-order valence-electron chi connectivity index (χ1n) is 11.8. The van der Waals surface area contributed by atoms with E-state index in [1.165, 1.54) is 12.7 Å². The second-order valence-corrected chi connectivity index (χ2v) is 8.87. The summed E-state index contributed by atoms with van der Waals surface area (Å²) < 4.78 is 16.2. The second-order valence-electron chi connectivity index (χ2n) is 8.87. The number of ether oxygens (including phenoxy) is 3. The highest BCUT2D eigenvalue weighted by Crippen LogP contribution is 2.36. The molecule has 1 saturated carbocycles. The van der Waals surface area contributed by atoms with Crippen LogP contribution in [0.15, 0.2) is 42.6 Å². The lowest BCUT2D eigenvalue weighted by Gasteiger charge is -2.41. The molecule has 2 aliphatic rings. The van der Waals surface area contributed by atoms with E-state index in [0.717, 1.165) is 44.2 Å². The van der Waals surface area contributed by atoms with Crippen LogP contribution >= 0.6 is 0 Å². The first-order valence-corrected chi connectivity index (χ1v) is 11.8. The maximum Gasteiger partial charge on any atom is 0.410 e. The maximum atomic E-state index is 12.8. The number of likely N-dealkylation sites (tertiary alicyclic amines) is 1. The van der Waals surface area contributed by atoms with Crippen molar-refractivity contribution in [2.24, 2.45) is 0 Å². The van der Waals surface area contributed by atoms with Gasteiger partial charge in [0.05, 0.1) is 25.9 Å². The van der Waals surface area contributed by atoms with Crippen LogP contribution in [0.1, 0.15) is 61.6 Å². The molecule has 8 nitrogen and oxygen atoms in total. The number of amides is 1. The van der Waals surface area contributed by atoms with Gasteiger partial charge in [-0.2, -0.15) is 5.10 Å². The SMILES string of the molecule is COC(=O)COC(=O)N1CCCC(c2ccn[nH]2)[C@@H]1COC1CCC(c2ccccc2)CC1. The van der Waals surface area contributed by atoms with Gasteiger partial charge in [0, 0.05) is 24.4 Å². The predicted octanol–water partition coefficient (Wildman–Crippen LogP) is 4.01. The second kappa shape index (κ2) is 11.3. The van der Waals surface area contributed by atoms with Gasteiger partial charge in [-0.1, -0.05) is 30.3 Å². The van der Waals surface area contributed by atoms with Gasteiger partial charge in [-0.3, -0.25) is 5.10 Å². The zero-order valence-electron chi connectivity index (χ0n) is 19.2. The third-order valence-corrected chi connectivity index (χ3v) is 6.92. The Bertz CT molecular complexity index is 881. The van der Waals surface area contributed by atoms with Crippen molar-refractivity contribution in [3.63, 3.8) is 0 Å². The van der Waals surface area contributed by atoms with Crippen molar-refractivity contribution in [3.05, 3.63) is 53.9 Å². The van der Waals surface area contributed by atoms with Crippen LogP contribution in [0, 0.1) is 0 Å². The Morgan fingerprint density at radius 3 is 2.58 bits per heavy atom. The zero-order chi connectivity index (χ0) is 23.0. The molecule has 1 amide bonds. The lowest BCUT2D eigenvalue weighted by Crippen LogP contribution is -2.51. The Balaban J connectivity index is 1.38. The molecule has 1 aliphatic carbocycles. The molecule has 0 spiro atoms. The molecule has 1 aliphatic heterocycles. The van der Waals surface area contributed by atoms with Crippen LogP contribution < -0.4 is 0 Å². The third-order valence-electron chi connectivity index (χ3n) is 6.92. The lowest BCUT2D eigenvalue weighted by molar-refractivity contribution is -0.144. The van der Waals surface area contributed by atoms with E-state index in [-0.39, 0.29) is 18.1 Å². The van der Waals surface area contributed by atoms with E-state index < -0.39 is 18.7 Å². The van der Waals surface area contributed by atoms with Gasteiger partial charge in [0.15, 0.2) is 6.61 Å². The number of esters is 1. The van der Waals surface area contributed by atoms with E-state index in [4.69, 9.17) is 9.47 Å². The first-order chi connectivity index (χ1) is 16.2. The van der Waals surface area contributed by atoms with Gasteiger partial charge in [0.2, 0.25) is 0 Å². The van der Waals surface area contributed by atoms with Gasteiger partial charge >= 0.3 is 12.1 Å². The number of benzene rings is 1. The first kappa shape index (κ1) is 23.3. The number of aromatic amines is 1. The molecule has 1 aromatic carbocycles. The highest BCUT2D eigenvalue weighted by molar-refractivity contribution is 5.75. The summed E-state index contributed by atoms with van der Waals surface area (Å²) in [6, 6.07) is 12.4. The summed E-state index contributed by atoms with van der Waals surface area (Å²) in [4.78, 5) is 25.9. The Morgan fingerprint density at radius 1 is 1.09 bits per heavy atom. The van der Waals surface area contributed by atoms with E-state index in [1.807, 2.05) is 6.07 Å². The summed E-state index contributed by atoms with van der Waals surface area (Å²) in [6.45, 7) is 0.606. The monoisotopic (exact) mass is 455 g/mol. The molecule has 1 unspecified atom stereocenters. The van der Waals surface area contributed by atoms with Gasteiger partial charge in [0.25, 0.3) is 0 Å². The maximum absolute atomic E-state index is 12.8. The molecule has 0 bridgehead atoms. The minimum Gasteiger partial charge on any atom is -0.466 e. The number of nitrogens with one attached hydrogen (secondary N) is 1. The van der Waals surface area contributed by atoms with Crippen molar-refractivity contribution in [1.82, 2.24) is 15.1 Å². The quantitative estimate of drug-likeness (QED) is 0.634. The molecule has 1 N–H and O–H groups in total. The van der Waals surface area contributed by atoms with Crippen LogP contribution in [0.3, 0.4) is 0 Å². The predicted molar refractivity (Wildman–Crippen MR) is 122 cm³/mol. The number of rotatable bonds is 7. The fourth-order valence-corrected chi connectivity index (χ4v) is 5.11. The van der Waals surface area contributed by atoms with Gasteiger partial charge in [-0.15, -0.1) is 0 Å². The van der Waals surface area contributed by atoms with Crippen molar-refractivity contribution in [2.45, 2.75) is 62.5 Å². The molecule has 1 saturated heterocycles. The molecule has 33 heavy (non-hydrogen) atoms. The molecular formula is C25H33N3O5. The molecule has 2 heterocycles. The van der Waals surface area contributed by atoms with Crippen LogP contribution in [0.4, 0.5) is 4.79 Å². The molecule has 1 aromatic heterocycles. The largest absolute Gasteiger partial charge is 0.466 e. The van der Waals surface area contributed by atoms with Crippen molar-refractivity contribution < 1.29 is 23.8 Å². The van der Waals surface area contributed by atoms with E-state index in [1.54, 1.807) is 11.1 Å². The van der Waals surface area contributed by atoms with Crippen LogP contribution in [0.2, 0.25) is 0 Å². The molecule has 2 aromatic rings. The third kappa shape index (κ3) is 5.93. The van der Waals surface area contributed by atoms with Crippen LogP contribution in [0.25, 0.3) is 0 Å². The van der Waals surface area contributed by atoms with Gasteiger partial charge in [-0.25, -0.2) is 9.59 Å². The van der Waals surface area contributed by atoms with E-state index in [0.29, 0.717) is 19.1 Å². The van der Waals surface area contributed by atoms with Crippen LogP contribution in [-0.2, 0) is 19.0 Å². The minimum absolute atomic E-state index is 0.0765. The fourth-order valence-electron chi connectivity index (χ4n) is 5.11. The van der Waals surface area contributed by atoms with Crippen molar-refractivity contribution in [1.29, 1.82) is 0 Å². The summed E-state index contributed by atoms with van der Waals surface area (Å²) >= 11 is 0. The number of aromatic nitrogens is 2. The Labute approximate surface area is 194 Å². The number of carbonyl (C=O) groups is 2. The molecule has 2 fully saturated rings. The van der Waals surface area contributed by atoms with Crippen molar-refractivity contribution >= 4 is 12.1 Å². The van der Waals surface area contributed by atoms with Gasteiger partial charge in [0.1, 0.15) is 0 Å². The summed E-state index contributed by atoms with van der Waals surface area (Å²) in [5, 5.41) is 7.16. The average molecular weight is 456 g/mol. The Morgan fingerprint density at radius 2 is 1.88 bits per heavy atom. The number of piperidine rings is 1. The highest BCUT2D eigenvalue weighted by Gasteiger charge is 2.38. The molecule has 2 atom stereocenters. The standard InChI is InChI=1S/C25H33N3O5/c1-31-24(29)17-33-25(30)28-15-5-8-21(22-13-14-26-27-22)23(28)16-32-20-11-9-19(10-12-20)18-6-3-2-4-7-18/h2-4,6-7,13-14,19-21,23H,5,8-12,15-17H2,1H3,(H,26,27)/t19?,20?,21?,23-/m0/s1. The van der Waals surface area contributed by atoms with Crippen molar-refractivity contribution in [3.8, 4) is 0 Å². The summed E-state index contributed by atoms with van der Waals surface area (Å²) in [6.07, 6.45) is 7.40. The Hall–Kier alpha value is -2.87. The minimum atomic E-state index is -0.576. The highest BCUT2D eigenvalue weighted by atomic mass is 16.6. The number of H-pyrrole nitrogens is 1. The zero-order valence-corrected chi connectivity index (χ0v) is 19.2. The Kier molecular flexibility index (Phi) is 7.99. The number of nitrogens with zero attached hydrogens (tertiary/aromatic N) is 2. The smallest absolute Gasteiger partial charge is 0.410 e. The van der Waals surface area contributed by atoms with Crippen LogP contribution in [-0.4, -0.2) is 66.2 Å². The number of hydrogen-bond donors (Lipinski definition) is 1. The molecule has 4 rings (SSSR count). The van der Waals surface area contributed by atoms with Gasteiger partial charge in [-0.05, 0) is 56.1 Å². The van der Waals surface area contributed by atoms with E-state index in [2.05, 4.69) is 45.3 Å². The van der Waals surface area contributed by atoms with Crippen LogP contribution in [0.5, 0.6) is 0 Å². The summed E-state index contributed by atoms with van der Waals surface area (Å²) in [5.74, 6) is 0.0873. The lowest BCUT2D eigenvalue weighted by atomic mass is 9.82. The summed E-state index contributed by atoms with van der Waals surface area (Å²) in [5.41, 5.74) is 2.39. The molecule has 178 valence electrons. The van der Waals surface area contributed by atoms with E-state index >= 15 is 0 Å².